The first-order valence-electron chi connectivity index (χ1n) is 7.45. The van der Waals surface area contributed by atoms with Crippen LogP contribution in [0.4, 0.5) is 0 Å². The maximum absolute atomic E-state index is 6.32. The van der Waals surface area contributed by atoms with Crippen molar-refractivity contribution in [1.82, 2.24) is 5.32 Å². The third-order valence-corrected chi connectivity index (χ3v) is 9.92. The fourth-order valence-electron chi connectivity index (χ4n) is 2.87. The molecule has 0 spiro atoms. The molecular weight excluding hydrogens is 240 g/mol. The van der Waals surface area contributed by atoms with Crippen LogP contribution in [-0.2, 0) is 4.43 Å². The molecule has 0 fully saturated rings. The zero-order valence-electron chi connectivity index (χ0n) is 13.3. The summed E-state index contributed by atoms with van der Waals surface area (Å²) in [6, 6.07) is 1.24. The number of rotatable bonds is 10. The minimum atomic E-state index is -1.64. The Labute approximate surface area is 115 Å². The van der Waals surface area contributed by atoms with Crippen LogP contribution in [0.2, 0.25) is 17.1 Å². The molecule has 0 aliphatic rings. The highest BCUT2D eigenvalue weighted by molar-refractivity contribution is 6.76. The summed E-state index contributed by atoms with van der Waals surface area (Å²) in [7, 11) is -1.64. The minimum Gasteiger partial charge on any atom is -0.417 e. The highest BCUT2D eigenvalue weighted by Gasteiger charge is 2.42. The van der Waals surface area contributed by atoms with Crippen molar-refractivity contribution in [3.8, 4) is 0 Å². The van der Waals surface area contributed by atoms with Gasteiger partial charge in [0, 0.05) is 19.7 Å². The molecule has 0 aliphatic heterocycles. The summed E-state index contributed by atoms with van der Waals surface area (Å²) in [6.45, 7) is 17.3. The van der Waals surface area contributed by atoms with Crippen LogP contribution in [0.3, 0.4) is 0 Å². The van der Waals surface area contributed by atoms with Gasteiger partial charge in [-0.2, -0.15) is 0 Å². The van der Waals surface area contributed by atoms with Crippen molar-refractivity contribution in [1.29, 1.82) is 0 Å². The van der Waals surface area contributed by atoms with Crippen molar-refractivity contribution >= 4 is 8.32 Å². The van der Waals surface area contributed by atoms with Crippen LogP contribution >= 0.6 is 0 Å². The molecule has 0 aromatic carbocycles. The zero-order chi connectivity index (χ0) is 14.2. The molecule has 1 unspecified atom stereocenters. The van der Waals surface area contributed by atoms with Crippen molar-refractivity contribution in [2.75, 3.05) is 26.2 Å². The Morgan fingerprint density at radius 2 is 1.67 bits per heavy atom. The van der Waals surface area contributed by atoms with Crippen LogP contribution in [0.15, 0.2) is 0 Å². The first-order valence-corrected chi connectivity index (χ1v) is 9.72. The van der Waals surface area contributed by atoms with E-state index in [-0.39, 0.29) is 0 Å². The molecule has 0 rings (SSSR count). The molecule has 18 heavy (non-hydrogen) atoms. The van der Waals surface area contributed by atoms with E-state index in [2.05, 4.69) is 46.9 Å². The molecule has 3 nitrogen and oxygen atoms in total. The Hall–Kier alpha value is 0.0969. The van der Waals surface area contributed by atoms with Gasteiger partial charge in [-0.05, 0) is 36.5 Å². The normalized spacial score (nSPS) is 14.5. The first kappa shape index (κ1) is 18.1. The van der Waals surface area contributed by atoms with Gasteiger partial charge in [-0.1, -0.05) is 34.6 Å². The van der Waals surface area contributed by atoms with Crippen LogP contribution in [0.25, 0.3) is 0 Å². The van der Waals surface area contributed by atoms with Gasteiger partial charge in [-0.15, -0.1) is 0 Å². The fourth-order valence-corrected chi connectivity index (χ4v) is 7.70. The van der Waals surface area contributed by atoms with Gasteiger partial charge in [0.15, 0.2) is 8.32 Å². The van der Waals surface area contributed by atoms with Gasteiger partial charge in [-0.25, -0.2) is 0 Å². The van der Waals surface area contributed by atoms with Crippen LogP contribution in [0, 0.1) is 5.92 Å². The molecule has 0 aliphatic carbocycles. The van der Waals surface area contributed by atoms with E-state index < -0.39 is 8.32 Å². The van der Waals surface area contributed by atoms with Crippen molar-refractivity contribution in [2.24, 2.45) is 11.7 Å². The van der Waals surface area contributed by atoms with E-state index in [4.69, 9.17) is 10.2 Å². The Kier molecular flexibility index (Phi) is 9.12. The quantitative estimate of drug-likeness (QED) is 0.475. The van der Waals surface area contributed by atoms with Gasteiger partial charge in [0.1, 0.15) is 0 Å². The average molecular weight is 275 g/mol. The monoisotopic (exact) mass is 274 g/mol. The van der Waals surface area contributed by atoms with Gasteiger partial charge < -0.3 is 15.5 Å². The van der Waals surface area contributed by atoms with Gasteiger partial charge in [0.05, 0.1) is 0 Å². The highest BCUT2D eigenvalue weighted by atomic mass is 28.4. The summed E-state index contributed by atoms with van der Waals surface area (Å²) >= 11 is 0. The molecule has 0 amide bonds. The topological polar surface area (TPSA) is 47.3 Å². The van der Waals surface area contributed by atoms with Crippen molar-refractivity contribution in [3.05, 3.63) is 0 Å². The first-order chi connectivity index (χ1) is 8.40. The van der Waals surface area contributed by atoms with E-state index in [1.807, 2.05) is 0 Å². The second kappa shape index (κ2) is 9.07. The molecular formula is C14H34N2OSi. The molecule has 0 aromatic heterocycles. The second-order valence-corrected chi connectivity index (χ2v) is 10.9. The smallest absolute Gasteiger partial charge is 0.198 e. The number of hydrogen-bond donors (Lipinski definition) is 2. The number of nitrogens with one attached hydrogen (secondary N) is 1. The van der Waals surface area contributed by atoms with Crippen LogP contribution < -0.4 is 11.1 Å². The summed E-state index contributed by atoms with van der Waals surface area (Å²) in [6.07, 6.45) is 0. The number of nitrogens with two attached hydrogens (primary N) is 1. The molecule has 3 N–H and O–H groups in total. The molecule has 0 heterocycles. The SMILES string of the molecule is CCO[Si](CC(C)CNCCN)(C(C)C)C(C)C. The molecule has 1 atom stereocenters. The summed E-state index contributed by atoms with van der Waals surface area (Å²) in [5, 5.41) is 3.42. The summed E-state index contributed by atoms with van der Waals surface area (Å²) in [5.41, 5.74) is 6.86. The molecule has 110 valence electrons. The number of hydrogen-bond acceptors (Lipinski definition) is 3. The maximum atomic E-state index is 6.32. The van der Waals surface area contributed by atoms with Crippen molar-refractivity contribution in [2.45, 2.75) is 58.7 Å². The predicted molar refractivity (Wildman–Crippen MR) is 83.5 cm³/mol. The largest absolute Gasteiger partial charge is 0.417 e. The Bertz CT molecular complexity index is 202. The van der Waals surface area contributed by atoms with Crippen LogP contribution in [0.1, 0.15) is 41.5 Å². The van der Waals surface area contributed by atoms with E-state index in [9.17, 15) is 0 Å². The molecule has 0 bridgehead atoms. The Balaban J connectivity index is 4.56. The fraction of sp³-hybridized carbons (Fsp3) is 1.00. The molecule has 0 saturated heterocycles. The van der Waals surface area contributed by atoms with E-state index in [0.717, 1.165) is 26.2 Å². The third-order valence-electron chi connectivity index (χ3n) is 3.85. The lowest BCUT2D eigenvalue weighted by atomic mass is 10.2. The van der Waals surface area contributed by atoms with Gasteiger partial charge in [0.2, 0.25) is 0 Å². The predicted octanol–water partition coefficient (Wildman–Crippen LogP) is 2.97. The third kappa shape index (κ3) is 5.39. The van der Waals surface area contributed by atoms with E-state index >= 15 is 0 Å². The minimum absolute atomic E-state index is 0.666. The van der Waals surface area contributed by atoms with E-state index in [1.54, 1.807) is 0 Å². The molecule has 0 saturated carbocycles. The van der Waals surface area contributed by atoms with Gasteiger partial charge in [0.25, 0.3) is 0 Å². The van der Waals surface area contributed by atoms with E-state index in [1.165, 1.54) is 6.04 Å². The highest BCUT2D eigenvalue weighted by Crippen LogP contribution is 2.39. The van der Waals surface area contributed by atoms with E-state index in [0.29, 0.717) is 17.0 Å². The summed E-state index contributed by atoms with van der Waals surface area (Å²) < 4.78 is 6.32. The van der Waals surface area contributed by atoms with Crippen LogP contribution in [0.5, 0.6) is 0 Å². The van der Waals surface area contributed by atoms with Gasteiger partial charge in [-0.3, -0.25) is 0 Å². The summed E-state index contributed by atoms with van der Waals surface area (Å²) in [5.74, 6) is 0.666. The second-order valence-electron chi connectivity index (χ2n) is 6.00. The Morgan fingerprint density at radius 3 is 2.06 bits per heavy atom. The molecule has 0 aromatic rings. The van der Waals surface area contributed by atoms with Crippen molar-refractivity contribution < 1.29 is 4.43 Å². The lowest BCUT2D eigenvalue weighted by molar-refractivity contribution is 0.297. The summed E-state index contributed by atoms with van der Waals surface area (Å²) in [4.78, 5) is 0. The van der Waals surface area contributed by atoms with Crippen molar-refractivity contribution in [3.63, 3.8) is 0 Å². The van der Waals surface area contributed by atoms with Gasteiger partial charge >= 0.3 is 0 Å². The van der Waals surface area contributed by atoms with Crippen LogP contribution in [-0.4, -0.2) is 34.6 Å². The molecule has 0 radical (unpaired) electrons. The lowest BCUT2D eigenvalue weighted by Gasteiger charge is -2.40. The average Bonchev–Trinajstić information content (AvgIpc) is 2.28. The lowest BCUT2D eigenvalue weighted by Crippen LogP contribution is -2.47. The molecule has 4 heteroatoms. The standard InChI is InChI=1S/C14H34N2OSi/c1-7-17-18(12(2)3,13(4)5)11-14(6)10-16-9-8-15/h12-14,16H,7-11,15H2,1-6H3. The maximum Gasteiger partial charge on any atom is 0.198 e. The zero-order valence-corrected chi connectivity index (χ0v) is 14.3. The Morgan fingerprint density at radius 1 is 1.11 bits per heavy atom.